The lowest BCUT2D eigenvalue weighted by Crippen LogP contribution is -2.42. The van der Waals surface area contributed by atoms with Gasteiger partial charge in [-0.15, -0.1) is 0 Å². The second-order valence-electron chi connectivity index (χ2n) is 8.28. The highest BCUT2D eigenvalue weighted by molar-refractivity contribution is 6.13. The quantitative estimate of drug-likeness (QED) is 0.197. The Labute approximate surface area is 205 Å². The highest BCUT2D eigenvalue weighted by atomic mass is 16.5. The van der Waals surface area contributed by atoms with Crippen molar-refractivity contribution in [3.63, 3.8) is 0 Å². The Kier molecular flexibility index (Phi) is 10.3. The molecule has 2 heterocycles. The third-order valence-electron chi connectivity index (χ3n) is 5.63. The number of aliphatic imine (C=N–C) groups is 1. The number of rotatable bonds is 13. The van der Waals surface area contributed by atoms with Crippen LogP contribution < -0.4 is 16.4 Å². The summed E-state index contributed by atoms with van der Waals surface area (Å²) in [5.41, 5.74) is 8.61. The monoisotopic (exact) mass is 479 g/mol. The summed E-state index contributed by atoms with van der Waals surface area (Å²) >= 11 is 0. The van der Waals surface area contributed by atoms with Gasteiger partial charge in [-0.3, -0.25) is 9.79 Å². The van der Waals surface area contributed by atoms with E-state index in [9.17, 15) is 14.7 Å². The molecule has 0 fully saturated rings. The van der Waals surface area contributed by atoms with E-state index in [2.05, 4.69) is 32.7 Å². The molecular formula is C26H33N5O4. The molecule has 1 aromatic heterocycles. The van der Waals surface area contributed by atoms with Gasteiger partial charge in [0.05, 0.1) is 11.3 Å². The summed E-state index contributed by atoms with van der Waals surface area (Å²) < 4.78 is 5.60. The molecule has 1 unspecified atom stereocenters. The lowest BCUT2D eigenvalue weighted by molar-refractivity contribution is -0.141. The number of nitrogens with zero attached hydrogens (tertiary/aromatic N) is 2. The first kappa shape index (κ1) is 25.9. The molecule has 3 rings (SSSR count). The number of carbonyl (C=O) groups excluding carboxylic acids is 1. The largest absolute Gasteiger partial charge is 0.480 e. The molecule has 186 valence electrons. The number of nitrogens with two attached hydrogens (primary N) is 1. The number of aryl methyl sites for hydroxylation is 2. The molecule has 0 bridgehead atoms. The summed E-state index contributed by atoms with van der Waals surface area (Å²) in [5.74, 6) is -0.734. The molecule has 0 radical (unpaired) electrons. The maximum Gasteiger partial charge on any atom is 0.326 e. The number of aliphatic carboxylic acids is 1. The van der Waals surface area contributed by atoms with E-state index in [1.807, 2.05) is 18.2 Å². The van der Waals surface area contributed by atoms with E-state index in [0.717, 1.165) is 56.4 Å². The number of ether oxygens (including phenoxy) is 1. The van der Waals surface area contributed by atoms with Gasteiger partial charge in [-0.05, 0) is 55.9 Å². The van der Waals surface area contributed by atoms with Crippen molar-refractivity contribution in [1.82, 2.24) is 10.3 Å². The lowest BCUT2D eigenvalue weighted by atomic mass is 10.1. The second-order valence-corrected chi connectivity index (χ2v) is 8.28. The molecule has 9 heteroatoms. The first-order valence-electron chi connectivity index (χ1n) is 11.9. The topological polar surface area (TPSA) is 139 Å². The summed E-state index contributed by atoms with van der Waals surface area (Å²) in [6.07, 6.45) is 7.41. The Morgan fingerprint density at radius 3 is 2.80 bits per heavy atom. The molecule has 35 heavy (non-hydrogen) atoms. The van der Waals surface area contributed by atoms with Crippen LogP contribution in [0.15, 0.2) is 59.2 Å². The number of amides is 1. The molecule has 0 saturated carbocycles. The van der Waals surface area contributed by atoms with Crippen molar-refractivity contribution in [3.8, 4) is 0 Å². The first-order chi connectivity index (χ1) is 17.1. The van der Waals surface area contributed by atoms with Crippen LogP contribution >= 0.6 is 0 Å². The van der Waals surface area contributed by atoms with Crippen LogP contribution in [0.1, 0.15) is 36.9 Å². The summed E-state index contributed by atoms with van der Waals surface area (Å²) in [4.78, 5) is 32.9. The number of nitrogens with one attached hydrogen (secondary N) is 2. The van der Waals surface area contributed by atoms with Gasteiger partial charge < -0.3 is 26.2 Å². The summed E-state index contributed by atoms with van der Waals surface area (Å²) in [5, 5.41) is 15.3. The third-order valence-corrected chi connectivity index (χ3v) is 5.63. The van der Waals surface area contributed by atoms with Crippen molar-refractivity contribution in [1.29, 1.82) is 0 Å². The maximum absolute atomic E-state index is 12.4. The van der Waals surface area contributed by atoms with E-state index in [4.69, 9.17) is 10.5 Å². The first-order valence-corrected chi connectivity index (χ1v) is 11.9. The predicted molar refractivity (Wildman–Crippen MR) is 136 cm³/mol. The average molecular weight is 480 g/mol. The van der Waals surface area contributed by atoms with Crippen molar-refractivity contribution < 1.29 is 19.4 Å². The van der Waals surface area contributed by atoms with Gasteiger partial charge in [0, 0.05) is 44.3 Å². The average Bonchev–Trinajstić information content (AvgIpc) is 2.88. The highest BCUT2D eigenvalue weighted by Gasteiger charge is 2.21. The van der Waals surface area contributed by atoms with Crippen LogP contribution in [0.25, 0.3) is 0 Å². The van der Waals surface area contributed by atoms with Crippen molar-refractivity contribution in [2.24, 2.45) is 10.7 Å². The molecule has 1 amide bonds. The zero-order chi connectivity index (χ0) is 24.9. The van der Waals surface area contributed by atoms with Gasteiger partial charge in [0.1, 0.15) is 11.9 Å². The van der Waals surface area contributed by atoms with Gasteiger partial charge in [0.15, 0.2) is 0 Å². The van der Waals surface area contributed by atoms with Crippen molar-refractivity contribution in [2.75, 3.05) is 25.1 Å². The van der Waals surface area contributed by atoms with Crippen LogP contribution in [0, 0.1) is 0 Å². The second kappa shape index (κ2) is 13.9. The molecule has 2 aromatic rings. The maximum atomic E-state index is 12.4. The Hall–Kier alpha value is -3.72. The minimum Gasteiger partial charge on any atom is -0.480 e. The number of carboxylic acids is 1. The van der Waals surface area contributed by atoms with E-state index in [1.165, 1.54) is 11.8 Å². The summed E-state index contributed by atoms with van der Waals surface area (Å²) in [6, 6.07) is 12.2. The molecule has 0 saturated heterocycles. The number of anilines is 1. The summed E-state index contributed by atoms with van der Waals surface area (Å²) in [7, 11) is 0. The van der Waals surface area contributed by atoms with Gasteiger partial charge >= 0.3 is 5.97 Å². The van der Waals surface area contributed by atoms with Crippen LogP contribution in [0.3, 0.4) is 0 Å². The molecule has 0 spiro atoms. The van der Waals surface area contributed by atoms with Gasteiger partial charge in [-0.25, -0.2) is 9.78 Å². The molecule has 1 aromatic carbocycles. The Morgan fingerprint density at radius 2 is 2.03 bits per heavy atom. The zero-order valence-electron chi connectivity index (χ0n) is 19.8. The highest BCUT2D eigenvalue weighted by Crippen LogP contribution is 2.20. The van der Waals surface area contributed by atoms with E-state index < -0.39 is 17.9 Å². The zero-order valence-corrected chi connectivity index (χ0v) is 19.8. The molecular weight excluding hydrogens is 446 g/mol. The molecule has 1 atom stereocenters. The molecule has 5 N–H and O–H groups in total. The number of hydrogen-bond donors (Lipinski definition) is 4. The van der Waals surface area contributed by atoms with Crippen LogP contribution in [0.2, 0.25) is 0 Å². The number of pyridine rings is 1. The Balaban J connectivity index is 1.35. The van der Waals surface area contributed by atoms with Crippen molar-refractivity contribution >= 4 is 29.6 Å². The lowest BCUT2D eigenvalue weighted by Gasteiger charge is -2.17. The number of hydrogen-bond acceptors (Lipinski definition) is 7. The standard InChI is InChI=1S/C26H33N5O4/c27-17-20(18-29-21-8-2-1-3-9-21)25(32)31-23(26(33)34)13-16-35-15-5-4-10-22-12-11-19-7-6-14-28-24(19)30-22/h1-3,8-9,11-12,17-18,23H,4-7,10,13-16,27H2,(H,28,30)(H,31,32)(H,33,34)/b20-17+,29-18?. The number of carbonyl (C=O) groups is 2. The number of carboxylic acid groups (broad SMARTS) is 1. The van der Waals surface area contributed by atoms with E-state index in [0.29, 0.717) is 12.3 Å². The van der Waals surface area contributed by atoms with E-state index in [1.54, 1.807) is 12.1 Å². The number of para-hydroxylation sites is 1. The fraction of sp³-hybridized carbons (Fsp3) is 0.385. The normalized spacial score (nSPS) is 14.2. The van der Waals surface area contributed by atoms with Crippen molar-refractivity contribution in [3.05, 3.63) is 65.5 Å². The number of aromatic nitrogens is 1. The fourth-order valence-corrected chi connectivity index (χ4v) is 3.66. The van der Waals surface area contributed by atoms with Crippen molar-refractivity contribution in [2.45, 2.75) is 44.6 Å². The number of benzene rings is 1. The van der Waals surface area contributed by atoms with E-state index >= 15 is 0 Å². The molecule has 9 nitrogen and oxygen atoms in total. The van der Waals surface area contributed by atoms with Crippen LogP contribution in [-0.2, 0) is 27.2 Å². The van der Waals surface area contributed by atoms with Crippen LogP contribution in [-0.4, -0.2) is 54.0 Å². The van der Waals surface area contributed by atoms with Gasteiger partial charge in [-0.2, -0.15) is 0 Å². The van der Waals surface area contributed by atoms with Gasteiger partial charge in [0.2, 0.25) is 0 Å². The smallest absolute Gasteiger partial charge is 0.326 e. The van der Waals surface area contributed by atoms with Gasteiger partial charge in [-0.1, -0.05) is 24.3 Å². The minimum absolute atomic E-state index is 0.0759. The number of fused-ring (bicyclic) bond motifs is 1. The Morgan fingerprint density at radius 1 is 1.20 bits per heavy atom. The molecule has 1 aliphatic rings. The Bertz CT molecular complexity index is 1040. The van der Waals surface area contributed by atoms with Gasteiger partial charge in [0.25, 0.3) is 5.91 Å². The molecule has 0 aliphatic carbocycles. The fourth-order valence-electron chi connectivity index (χ4n) is 3.66. The van der Waals surface area contributed by atoms with Crippen LogP contribution in [0.5, 0.6) is 0 Å². The third kappa shape index (κ3) is 8.53. The predicted octanol–water partition coefficient (Wildman–Crippen LogP) is 2.98. The SMILES string of the molecule is N/C=C(\C=Nc1ccccc1)C(=O)NC(CCOCCCCc1ccc2c(n1)NCCC2)C(=O)O. The molecule has 1 aliphatic heterocycles. The van der Waals surface area contributed by atoms with E-state index in [-0.39, 0.29) is 18.6 Å². The minimum atomic E-state index is -1.13. The number of unbranched alkanes of at least 4 members (excludes halogenated alkanes) is 1. The summed E-state index contributed by atoms with van der Waals surface area (Å²) in [6.45, 7) is 1.71. The van der Waals surface area contributed by atoms with Crippen LogP contribution in [0.4, 0.5) is 11.5 Å².